The van der Waals surface area contributed by atoms with Crippen molar-refractivity contribution in [3.05, 3.63) is 51.4 Å². The minimum atomic E-state index is -0.114. The lowest BCUT2D eigenvalue weighted by atomic mass is 10.2. The molecule has 0 radical (unpaired) electrons. The molecule has 3 aromatic rings. The monoisotopic (exact) mass is 334 g/mol. The first kappa shape index (κ1) is 15.1. The lowest BCUT2D eigenvalue weighted by Gasteiger charge is -2.10. The summed E-state index contributed by atoms with van der Waals surface area (Å²) in [7, 11) is 0. The van der Waals surface area contributed by atoms with Crippen molar-refractivity contribution >= 4 is 34.4 Å². The van der Waals surface area contributed by atoms with Crippen LogP contribution >= 0.6 is 23.4 Å². The van der Waals surface area contributed by atoms with E-state index in [0.717, 1.165) is 5.56 Å². The van der Waals surface area contributed by atoms with Crippen LogP contribution in [0.3, 0.4) is 0 Å². The summed E-state index contributed by atoms with van der Waals surface area (Å²) in [6.45, 7) is 3.14. The van der Waals surface area contributed by atoms with Crippen LogP contribution in [0.5, 0.6) is 0 Å². The van der Waals surface area contributed by atoms with Crippen LogP contribution in [0, 0.1) is 0 Å². The standard InChI is InChI=1S/C15H15ClN4OS/c1-3-19-9-12-13(18-19)14(21)20(15(17-12)22-2)8-10-4-6-11(16)7-5-10/h4-7,9H,3,8H2,1-2H3. The van der Waals surface area contributed by atoms with E-state index in [1.807, 2.05) is 43.6 Å². The zero-order valence-electron chi connectivity index (χ0n) is 12.3. The molecule has 0 aliphatic heterocycles. The SMILES string of the molecule is CCn1cc2nc(SC)n(Cc3ccc(Cl)cc3)c(=O)c2n1. The Morgan fingerprint density at radius 1 is 1.27 bits per heavy atom. The highest BCUT2D eigenvalue weighted by Crippen LogP contribution is 2.17. The van der Waals surface area contributed by atoms with Crippen LogP contribution in [0.25, 0.3) is 11.0 Å². The first-order valence-electron chi connectivity index (χ1n) is 6.88. The molecule has 0 N–H and O–H groups in total. The molecule has 0 amide bonds. The fraction of sp³-hybridized carbons (Fsp3) is 0.267. The van der Waals surface area contributed by atoms with Gasteiger partial charge in [0, 0.05) is 11.6 Å². The maximum absolute atomic E-state index is 12.7. The minimum absolute atomic E-state index is 0.114. The largest absolute Gasteiger partial charge is 0.282 e. The maximum atomic E-state index is 12.7. The average Bonchev–Trinajstić information content (AvgIpc) is 2.95. The Balaban J connectivity index is 2.12. The number of hydrogen-bond acceptors (Lipinski definition) is 4. The van der Waals surface area contributed by atoms with Crippen LogP contribution in [-0.4, -0.2) is 25.6 Å². The van der Waals surface area contributed by atoms with Crippen LogP contribution in [0.15, 0.2) is 40.4 Å². The lowest BCUT2D eigenvalue weighted by Crippen LogP contribution is -2.24. The van der Waals surface area contributed by atoms with E-state index >= 15 is 0 Å². The van der Waals surface area contributed by atoms with Gasteiger partial charge in [0.05, 0.1) is 12.7 Å². The molecule has 0 aliphatic rings. The molecule has 0 saturated carbocycles. The smallest absolute Gasteiger partial charge is 0.281 e. The third-order valence-electron chi connectivity index (χ3n) is 3.40. The molecule has 22 heavy (non-hydrogen) atoms. The number of thioether (sulfide) groups is 1. The summed E-state index contributed by atoms with van der Waals surface area (Å²) in [5.41, 5.74) is 1.94. The first-order chi connectivity index (χ1) is 10.6. The van der Waals surface area contributed by atoms with E-state index < -0.39 is 0 Å². The highest BCUT2D eigenvalue weighted by Gasteiger charge is 2.14. The molecule has 114 valence electrons. The van der Waals surface area contributed by atoms with Gasteiger partial charge in [-0.05, 0) is 30.9 Å². The van der Waals surface area contributed by atoms with Gasteiger partial charge in [0.25, 0.3) is 5.56 Å². The Morgan fingerprint density at radius 2 is 2.00 bits per heavy atom. The molecule has 1 aromatic carbocycles. The Labute approximate surface area is 136 Å². The van der Waals surface area contributed by atoms with E-state index in [9.17, 15) is 4.79 Å². The quantitative estimate of drug-likeness (QED) is 0.543. The zero-order valence-corrected chi connectivity index (χ0v) is 13.9. The van der Waals surface area contributed by atoms with Gasteiger partial charge in [0.2, 0.25) is 0 Å². The summed E-state index contributed by atoms with van der Waals surface area (Å²) in [6, 6.07) is 7.46. The summed E-state index contributed by atoms with van der Waals surface area (Å²) >= 11 is 7.36. The zero-order chi connectivity index (χ0) is 15.7. The summed E-state index contributed by atoms with van der Waals surface area (Å²) < 4.78 is 3.39. The Kier molecular flexibility index (Phi) is 4.22. The fourth-order valence-electron chi connectivity index (χ4n) is 2.25. The van der Waals surface area contributed by atoms with Gasteiger partial charge in [-0.25, -0.2) is 4.98 Å². The van der Waals surface area contributed by atoms with Crippen LogP contribution in [-0.2, 0) is 13.1 Å². The average molecular weight is 335 g/mol. The van der Waals surface area contributed by atoms with E-state index in [4.69, 9.17) is 11.6 Å². The first-order valence-corrected chi connectivity index (χ1v) is 8.49. The summed E-state index contributed by atoms with van der Waals surface area (Å²) in [5.74, 6) is 0. The molecule has 0 aliphatic carbocycles. The minimum Gasteiger partial charge on any atom is -0.281 e. The number of fused-ring (bicyclic) bond motifs is 1. The second-order valence-electron chi connectivity index (χ2n) is 4.83. The number of rotatable bonds is 4. The topological polar surface area (TPSA) is 52.7 Å². The molecule has 7 heteroatoms. The van der Waals surface area contributed by atoms with E-state index in [0.29, 0.717) is 34.3 Å². The molecule has 5 nitrogen and oxygen atoms in total. The van der Waals surface area contributed by atoms with Crippen molar-refractivity contribution in [1.29, 1.82) is 0 Å². The van der Waals surface area contributed by atoms with Crippen LogP contribution in [0.2, 0.25) is 5.02 Å². The molecule has 0 spiro atoms. The van der Waals surface area contributed by atoms with E-state index in [1.54, 1.807) is 9.25 Å². The third kappa shape index (κ3) is 2.76. The predicted molar refractivity (Wildman–Crippen MR) is 89.8 cm³/mol. The Morgan fingerprint density at radius 3 is 2.64 bits per heavy atom. The van der Waals surface area contributed by atoms with Gasteiger partial charge in [-0.3, -0.25) is 14.0 Å². The number of benzene rings is 1. The third-order valence-corrected chi connectivity index (χ3v) is 4.33. The van der Waals surface area contributed by atoms with Crippen molar-refractivity contribution in [2.75, 3.05) is 6.26 Å². The molecule has 3 rings (SSSR count). The van der Waals surface area contributed by atoms with Gasteiger partial charge in [-0.2, -0.15) is 5.10 Å². The summed E-state index contributed by atoms with van der Waals surface area (Å²) in [4.78, 5) is 17.3. The van der Waals surface area contributed by atoms with Crippen molar-refractivity contribution in [3.63, 3.8) is 0 Å². The van der Waals surface area contributed by atoms with Gasteiger partial charge in [0.15, 0.2) is 10.7 Å². The van der Waals surface area contributed by atoms with Gasteiger partial charge in [0.1, 0.15) is 5.52 Å². The fourth-order valence-corrected chi connectivity index (χ4v) is 2.94. The van der Waals surface area contributed by atoms with Crippen molar-refractivity contribution in [1.82, 2.24) is 19.3 Å². The van der Waals surface area contributed by atoms with Crippen LogP contribution < -0.4 is 5.56 Å². The Hall–Kier alpha value is -1.79. The number of halogens is 1. The van der Waals surface area contributed by atoms with Crippen molar-refractivity contribution < 1.29 is 0 Å². The Bertz CT molecular complexity index is 870. The molecule has 0 fully saturated rings. The predicted octanol–water partition coefficient (Wildman–Crippen LogP) is 3.04. The molecule has 2 aromatic heterocycles. The van der Waals surface area contributed by atoms with Gasteiger partial charge < -0.3 is 0 Å². The number of aryl methyl sites for hydroxylation is 1. The molecule has 0 unspecified atom stereocenters. The van der Waals surface area contributed by atoms with Crippen molar-refractivity contribution in [2.45, 2.75) is 25.2 Å². The summed E-state index contributed by atoms with van der Waals surface area (Å²) in [5, 5.41) is 5.67. The second-order valence-corrected chi connectivity index (χ2v) is 6.04. The van der Waals surface area contributed by atoms with E-state index in [1.165, 1.54) is 11.8 Å². The van der Waals surface area contributed by atoms with Gasteiger partial charge in [-0.1, -0.05) is 35.5 Å². The van der Waals surface area contributed by atoms with Crippen LogP contribution in [0.1, 0.15) is 12.5 Å². The second kappa shape index (κ2) is 6.14. The maximum Gasteiger partial charge on any atom is 0.282 e. The molecule has 2 heterocycles. The highest BCUT2D eigenvalue weighted by atomic mass is 35.5. The van der Waals surface area contributed by atoms with E-state index in [2.05, 4.69) is 10.1 Å². The molecule has 0 atom stereocenters. The number of hydrogen-bond donors (Lipinski definition) is 0. The molecule has 0 bridgehead atoms. The molecular formula is C15H15ClN4OS. The van der Waals surface area contributed by atoms with Gasteiger partial charge >= 0.3 is 0 Å². The normalized spacial score (nSPS) is 11.2. The lowest BCUT2D eigenvalue weighted by molar-refractivity contribution is 0.650. The van der Waals surface area contributed by atoms with Crippen molar-refractivity contribution in [2.24, 2.45) is 0 Å². The number of aromatic nitrogens is 4. The number of nitrogens with zero attached hydrogens (tertiary/aromatic N) is 4. The van der Waals surface area contributed by atoms with E-state index in [-0.39, 0.29) is 5.56 Å². The van der Waals surface area contributed by atoms with Gasteiger partial charge in [-0.15, -0.1) is 0 Å². The van der Waals surface area contributed by atoms with Crippen molar-refractivity contribution in [3.8, 4) is 0 Å². The van der Waals surface area contributed by atoms with Crippen LogP contribution in [0.4, 0.5) is 0 Å². The summed E-state index contributed by atoms with van der Waals surface area (Å²) in [6.07, 6.45) is 3.72. The highest BCUT2D eigenvalue weighted by molar-refractivity contribution is 7.98. The molecular weight excluding hydrogens is 320 g/mol. The molecule has 0 saturated heterocycles.